The van der Waals surface area contributed by atoms with Crippen molar-refractivity contribution in [3.63, 3.8) is 0 Å². The molecule has 0 heterocycles. The highest BCUT2D eigenvalue weighted by Crippen LogP contribution is 2.05. The van der Waals surface area contributed by atoms with Crippen molar-refractivity contribution in [1.29, 1.82) is 5.41 Å². The molecule has 4 heteroatoms. The first kappa shape index (κ1) is 9.98. The number of carboxylic acids is 1. The van der Waals surface area contributed by atoms with E-state index in [0.29, 0.717) is 5.56 Å². The molecule has 0 fully saturated rings. The molecule has 4 nitrogen and oxygen atoms in total. The number of carbonyl (C=O) groups is 1. The Labute approximate surface area is 81.2 Å². The summed E-state index contributed by atoms with van der Waals surface area (Å²) in [5.41, 5.74) is 6.64. The summed E-state index contributed by atoms with van der Waals surface area (Å²) >= 11 is 0. The van der Waals surface area contributed by atoms with Crippen LogP contribution in [0.25, 0.3) is 6.08 Å². The second-order valence-electron chi connectivity index (χ2n) is 2.71. The van der Waals surface area contributed by atoms with Crippen molar-refractivity contribution in [3.8, 4) is 0 Å². The first-order chi connectivity index (χ1) is 6.59. The SMILES string of the molecule is N=C(N)c1ccc(C=CC(=O)O)cc1. The van der Waals surface area contributed by atoms with Gasteiger partial charge < -0.3 is 10.8 Å². The molecule has 1 rings (SSSR count). The molecule has 0 bridgehead atoms. The molecule has 14 heavy (non-hydrogen) atoms. The molecule has 72 valence electrons. The minimum absolute atomic E-state index is 0.00114. The number of carboxylic acid groups (broad SMARTS) is 1. The largest absolute Gasteiger partial charge is 0.478 e. The van der Waals surface area contributed by atoms with Crippen molar-refractivity contribution in [2.75, 3.05) is 0 Å². The third-order valence-electron chi connectivity index (χ3n) is 1.64. The van der Waals surface area contributed by atoms with Crippen LogP contribution in [0.5, 0.6) is 0 Å². The number of nitrogens with one attached hydrogen (secondary N) is 1. The molecule has 0 aromatic heterocycles. The van der Waals surface area contributed by atoms with E-state index >= 15 is 0 Å². The Morgan fingerprint density at radius 2 is 1.93 bits per heavy atom. The van der Waals surface area contributed by atoms with Gasteiger partial charge in [-0.2, -0.15) is 0 Å². The maximum Gasteiger partial charge on any atom is 0.328 e. The van der Waals surface area contributed by atoms with Crippen molar-refractivity contribution >= 4 is 17.9 Å². The Morgan fingerprint density at radius 3 is 2.36 bits per heavy atom. The number of hydrogen-bond donors (Lipinski definition) is 3. The number of amidine groups is 1. The molecule has 1 aromatic rings. The fourth-order valence-electron chi connectivity index (χ4n) is 0.941. The predicted octanol–water partition coefficient (Wildman–Crippen LogP) is 1.07. The smallest absolute Gasteiger partial charge is 0.328 e. The van der Waals surface area contributed by atoms with Crippen LogP contribution in [-0.2, 0) is 4.79 Å². The highest BCUT2D eigenvalue weighted by Gasteiger charge is 1.94. The predicted molar refractivity (Wildman–Crippen MR) is 54.1 cm³/mol. The second kappa shape index (κ2) is 4.23. The topological polar surface area (TPSA) is 87.2 Å². The molecular weight excluding hydrogens is 180 g/mol. The van der Waals surface area contributed by atoms with Crippen molar-refractivity contribution < 1.29 is 9.90 Å². The maximum absolute atomic E-state index is 10.2. The van der Waals surface area contributed by atoms with E-state index < -0.39 is 5.97 Å². The molecule has 0 saturated carbocycles. The number of nitrogen functional groups attached to an aromatic ring is 1. The summed E-state index contributed by atoms with van der Waals surface area (Å²) < 4.78 is 0. The first-order valence-corrected chi connectivity index (χ1v) is 3.95. The third kappa shape index (κ3) is 2.75. The van der Waals surface area contributed by atoms with Gasteiger partial charge in [0, 0.05) is 11.6 Å². The van der Waals surface area contributed by atoms with Gasteiger partial charge in [-0.25, -0.2) is 4.79 Å². The van der Waals surface area contributed by atoms with Crippen molar-refractivity contribution in [3.05, 3.63) is 41.5 Å². The fourth-order valence-corrected chi connectivity index (χ4v) is 0.941. The molecule has 0 atom stereocenters. The van der Waals surface area contributed by atoms with Gasteiger partial charge in [-0.15, -0.1) is 0 Å². The Kier molecular flexibility index (Phi) is 3.01. The van der Waals surface area contributed by atoms with E-state index in [9.17, 15) is 4.79 Å². The van der Waals surface area contributed by atoms with Crippen LogP contribution in [-0.4, -0.2) is 16.9 Å². The van der Waals surface area contributed by atoms with Crippen LogP contribution in [0.2, 0.25) is 0 Å². The third-order valence-corrected chi connectivity index (χ3v) is 1.64. The van der Waals surface area contributed by atoms with Crippen LogP contribution in [0.4, 0.5) is 0 Å². The average Bonchev–Trinajstić information content (AvgIpc) is 2.15. The van der Waals surface area contributed by atoms with Gasteiger partial charge in [-0.1, -0.05) is 24.3 Å². The molecule has 0 saturated heterocycles. The molecular formula is C10H10N2O2. The van der Waals surface area contributed by atoms with Crippen molar-refractivity contribution in [2.45, 2.75) is 0 Å². The maximum atomic E-state index is 10.2. The van der Waals surface area contributed by atoms with E-state index in [4.69, 9.17) is 16.2 Å². The summed E-state index contributed by atoms with van der Waals surface area (Å²) in [6.07, 6.45) is 2.54. The molecule has 0 aliphatic carbocycles. The summed E-state index contributed by atoms with van der Waals surface area (Å²) in [4.78, 5) is 10.2. The van der Waals surface area contributed by atoms with E-state index in [2.05, 4.69) is 0 Å². The van der Waals surface area contributed by atoms with Crippen LogP contribution >= 0.6 is 0 Å². The van der Waals surface area contributed by atoms with Gasteiger partial charge in [0.15, 0.2) is 0 Å². The number of aliphatic carboxylic acids is 1. The zero-order valence-electron chi connectivity index (χ0n) is 7.40. The Morgan fingerprint density at radius 1 is 1.36 bits per heavy atom. The molecule has 0 aliphatic rings. The highest BCUT2D eigenvalue weighted by atomic mass is 16.4. The van der Waals surface area contributed by atoms with Gasteiger partial charge in [0.1, 0.15) is 5.84 Å². The van der Waals surface area contributed by atoms with E-state index in [1.165, 1.54) is 6.08 Å². The number of rotatable bonds is 3. The van der Waals surface area contributed by atoms with Gasteiger partial charge >= 0.3 is 5.97 Å². The van der Waals surface area contributed by atoms with Gasteiger partial charge in [0.25, 0.3) is 0 Å². The Hall–Kier alpha value is -2.10. The number of hydrogen-bond acceptors (Lipinski definition) is 2. The van der Waals surface area contributed by atoms with Crippen LogP contribution in [0.1, 0.15) is 11.1 Å². The lowest BCUT2D eigenvalue weighted by Crippen LogP contribution is -2.10. The molecule has 0 unspecified atom stereocenters. The van der Waals surface area contributed by atoms with E-state index in [-0.39, 0.29) is 5.84 Å². The van der Waals surface area contributed by atoms with E-state index in [1.807, 2.05) is 0 Å². The molecule has 4 N–H and O–H groups in total. The summed E-state index contributed by atoms with van der Waals surface area (Å²) in [5, 5.41) is 15.5. The highest BCUT2D eigenvalue weighted by molar-refractivity contribution is 5.95. The first-order valence-electron chi connectivity index (χ1n) is 3.95. The summed E-state index contributed by atoms with van der Waals surface area (Å²) in [7, 11) is 0. The van der Waals surface area contributed by atoms with Crippen molar-refractivity contribution in [2.24, 2.45) is 5.73 Å². The van der Waals surface area contributed by atoms with Gasteiger partial charge in [0.2, 0.25) is 0 Å². The molecule has 0 radical (unpaired) electrons. The summed E-state index contributed by atoms with van der Waals surface area (Å²) in [6.45, 7) is 0. The minimum atomic E-state index is -0.986. The van der Waals surface area contributed by atoms with Gasteiger partial charge in [0.05, 0.1) is 0 Å². The Balaban J connectivity index is 2.83. The van der Waals surface area contributed by atoms with Crippen LogP contribution in [0.3, 0.4) is 0 Å². The zero-order chi connectivity index (χ0) is 10.6. The quantitative estimate of drug-likeness (QED) is 0.378. The molecule has 0 amide bonds. The van der Waals surface area contributed by atoms with Crippen molar-refractivity contribution in [1.82, 2.24) is 0 Å². The van der Waals surface area contributed by atoms with Gasteiger partial charge in [-0.05, 0) is 11.6 Å². The normalized spacial score (nSPS) is 10.3. The lowest BCUT2D eigenvalue weighted by molar-refractivity contribution is -0.131. The molecule has 0 aliphatic heterocycles. The number of nitrogens with two attached hydrogens (primary N) is 1. The lowest BCUT2D eigenvalue weighted by Gasteiger charge is -1.97. The van der Waals surface area contributed by atoms with Crippen LogP contribution < -0.4 is 5.73 Å². The average molecular weight is 190 g/mol. The monoisotopic (exact) mass is 190 g/mol. The second-order valence-corrected chi connectivity index (χ2v) is 2.71. The zero-order valence-corrected chi connectivity index (χ0v) is 7.40. The molecule has 1 aromatic carbocycles. The lowest BCUT2D eigenvalue weighted by atomic mass is 10.1. The van der Waals surface area contributed by atoms with E-state index in [0.717, 1.165) is 11.6 Å². The van der Waals surface area contributed by atoms with E-state index in [1.54, 1.807) is 24.3 Å². The fraction of sp³-hybridized carbons (Fsp3) is 0. The standard InChI is InChI=1S/C10H10N2O2/c11-10(12)8-4-1-7(2-5-8)3-6-9(13)14/h1-6H,(H3,11,12)(H,13,14). The number of benzene rings is 1. The molecule has 0 spiro atoms. The minimum Gasteiger partial charge on any atom is -0.478 e. The Bertz CT molecular complexity index is 380. The van der Waals surface area contributed by atoms with Gasteiger partial charge in [-0.3, -0.25) is 5.41 Å². The van der Waals surface area contributed by atoms with Crippen LogP contribution in [0, 0.1) is 5.41 Å². The van der Waals surface area contributed by atoms with Crippen LogP contribution in [0.15, 0.2) is 30.3 Å². The summed E-state index contributed by atoms with van der Waals surface area (Å²) in [5.74, 6) is -0.987. The summed E-state index contributed by atoms with van der Waals surface area (Å²) in [6, 6.07) is 6.75.